The van der Waals surface area contributed by atoms with Crippen molar-refractivity contribution in [2.45, 2.75) is 10.4 Å². The molecule has 0 unspecified atom stereocenters. The summed E-state index contributed by atoms with van der Waals surface area (Å²) in [5.41, 5.74) is -0.938. The molecule has 0 saturated carbocycles. The Balaban J connectivity index is 2.62. The van der Waals surface area contributed by atoms with Gasteiger partial charge in [0.2, 0.25) is 10.0 Å². The zero-order valence-corrected chi connectivity index (χ0v) is 11.1. The van der Waals surface area contributed by atoms with Gasteiger partial charge in [-0.2, -0.15) is 18.3 Å². The Morgan fingerprint density at radius 3 is 2.53 bits per heavy atom. The molecule has 0 atom stereocenters. The van der Waals surface area contributed by atoms with Crippen molar-refractivity contribution in [3.63, 3.8) is 0 Å². The maximum absolute atomic E-state index is 12.5. The number of aromatic nitrogens is 2. The number of halogens is 3. The largest absolute Gasteiger partial charge is 0.435 e. The molecule has 2 aromatic heterocycles. The van der Waals surface area contributed by atoms with Crippen molar-refractivity contribution in [1.29, 1.82) is 0 Å². The minimum atomic E-state index is -4.59. The maximum Gasteiger partial charge on any atom is 0.435 e. The number of alkyl halides is 3. The summed E-state index contributed by atoms with van der Waals surface area (Å²) in [6.45, 7) is 0. The monoisotopic (exact) mass is 311 g/mol. The van der Waals surface area contributed by atoms with Gasteiger partial charge >= 0.3 is 6.18 Å². The van der Waals surface area contributed by atoms with Crippen LogP contribution >= 0.6 is 11.3 Å². The first kappa shape index (κ1) is 14.0. The summed E-state index contributed by atoms with van der Waals surface area (Å²) in [5.74, 6) is 0. The Bertz CT molecular complexity index is 715. The summed E-state index contributed by atoms with van der Waals surface area (Å²) in [6, 6.07) is 2.18. The zero-order chi connectivity index (χ0) is 14.4. The SMILES string of the molecule is Cn1nc(C(F)(F)F)cc1-c1ccsc1S(N)(=O)=O. The molecule has 0 aromatic carbocycles. The number of rotatable bonds is 2. The van der Waals surface area contributed by atoms with E-state index in [0.717, 1.165) is 22.1 Å². The molecule has 2 rings (SSSR count). The van der Waals surface area contributed by atoms with Crippen molar-refractivity contribution >= 4 is 21.4 Å². The average molecular weight is 311 g/mol. The van der Waals surface area contributed by atoms with Crippen molar-refractivity contribution in [1.82, 2.24) is 9.78 Å². The van der Waals surface area contributed by atoms with Crippen LogP contribution in [0.3, 0.4) is 0 Å². The lowest BCUT2D eigenvalue weighted by atomic mass is 10.2. The van der Waals surface area contributed by atoms with E-state index in [1.807, 2.05) is 0 Å². The standard InChI is InChI=1S/C9H8F3N3O2S2/c1-15-6(4-7(14-15)9(10,11)12)5-2-3-18-8(5)19(13,16)17/h2-4H,1H3,(H2,13,16,17). The molecule has 10 heteroatoms. The fourth-order valence-electron chi connectivity index (χ4n) is 1.56. The predicted octanol–water partition coefficient (Wildman–Crippen LogP) is 1.81. The van der Waals surface area contributed by atoms with Crippen LogP contribution < -0.4 is 5.14 Å². The molecule has 0 spiro atoms. The molecule has 0 bridgehead atoms. The minimum Gasteiger partial charge on any atom is -0.267 e. The van der Waals surface area contributed by atoms with E-state index in [2.05, 4.69) is 5.10 Å². The Morgan fingerprint density at radius 1 is 1.42 bits per heavy atom. The highest BCUT2D eigenvalue weighted by atomic mass is 32.2. The van der Waals surface area contributed by atoms with E-state index in [0.29, 0.717) is 0 Å². The molecule has 104 valence electrons. The molecular weight excluding hydrogens is 303 g/mol. The number of hydrogen-bond donors (Lipinski definition) is 1. The third-order valence-corrected chi connectivity index (χ3v) is 4.76. The van der Waals surface area contributed by atoms with E-state index >= 15 is 0 Å². The van der Waals surface area contributed by atoms with Crippen molar-refractivity contribution < 1.29 is 21.6 Å². The van der Waals surface area contributed by atoms with E-state index in [1.54, 1.807) is 0 Å². The van der Waals surface area contributed by atoms with Crippen LogP contribution in [0.4, 0.5) is 13.2 Å². The van der Waals surface area contributed by atoms with Crippen LogP contribution in [0, 0.1) is 0 Å². The summed E-state index contributed by atoms with van der Waals surface area (Å²) < 4.78 is 61.1. The van der Waals surface area contributed by atoms with Gasteiger partial charge in [-0.15, -0.1) is 11.3 Å². The molecule has 2 N–H and O–H groups in total. The molecule has 2 heterocycles. The van der Waals surface area contributed by atoms with Gasteiger partial charge in [0.1, 0.15) is 4.21 Å². The van der Waals surface area contributed by atoms with Crippen molar-refractivity contribution in [3.8, 4) is 11.3 Å². The summed E-state index contributed by atoms with van der Waals surface area (Å²) in [4.78, 5) is 0. The van der Waals surface area contributed by atoms with Crippen LogP contribution in [0.5, 0.6) is 0 Å². The summed E-state index contributed by atoms with van der Waals surface area (Å²) in [6.07, 6.45) is -4.59. The Kier molecular flexibility index (Phi) is 3.19. The highest BCUT2D eigenvalue weighted by molar-refractivity contribution is 7.91. The third kappa shape index (κ3) is 2.65. The quantitative estimate of drug-likeness (QED) is 0.919. The normalized spacial score (nSPS) is 12.9. The van der Waals surface area contributed by atoms with Crippen LogP contribution in [0.2, 0.25) is 0 Å². The molecule has 0 amide bonds. The average Bonchev–Trinajstić information content (AvgIpc) is 2.80. The number of nitrogens with two attached hydrogens (primary N) is 1. The highest BCUT2D eigenvalue weighted by Crippen LogP contribution is 2.35. The van der Waals surface area contributed by atoms with Gasteiger partial charge in [0.15, 0.2) is 5.69 Å². The van der Waals surface area contributed by atoms with Crippen LogP contribution in [-0.4, -0.2) is 18.2 Å². The van der Waals surface area contributed by atoms with E-state index in [9.17, 15) is 21.6 Å². The van der Waals surface area contributed by atoms with Gasteiger partial charge in [0, 0.05) is 12.6 Å². The van der Waals surface area contributed by atoms with E-state index in [1.165, 1.54) is 18.5 Å². The predicted molar refractivity (Wildman–Crippen MR) is 62.9 cm³/mol. The van der Waals surface area contributed by atoms with Crippen LogP contribution in [0.1, 0.15) is 5.69 Å². The van der Waals surface area contributed by atoms with Gasteiger partial charge in [0.25, 0.3) is 0 Å². The Labute approximate surface area is 110 Å². The van der Waals surface area contributed by atoms with Gasteiger partial charge in [-0.05, 0) is 17.5 Å². The van der Waals surface area contributed by atoms with Gasteiger partial charge in [-0.1, -0.05) is 0 Å². The molecule has 0 aliphatic carbocycles. The van der Waals surface area contributed by atoms with E-state index in [4.69, 9.17) is 5.14 Å². The fraction of sp³-hybridized carbons (Fsp3) is 0.222. The topological polar surface area (TPSA) is 78.0 Å². The Morgan fingerprint density at radius 2 is 2.05 bits per heavy atom. The zero-order valence-electron chi connectivity index (χ0n) is 9.47. The van der Waals surface area contributed by atoms with E-state index < -0.39 is 21.9 Å². The first-order chi connectivity index (χ1) is 8.60. The van der Waals surface area contributed by atoms with Crippen molar-refractivity contribution in [2.75, 3.05) is 0 Å². The molecule has 2 aromatic rings. The van der Waals surface area contributed by atoms with Crippen molar-refractivity contribution in [2.24, 2.45) is 12.2 Å². The molecule has 0 radical (unpaired) electrons. The van der Waals surface area contributed by atoms with Crippen LogP contribution in [-0.2, 0) is 23.2 Å². The second kappa shape index (κ2) is 4.32. The highest BCUT2D eigenvalue weighted by Gasteiger charge is 2.35. The molecule has 0 saturated heterocycles. The summed E-state index contributed by atoms with van der Waals surface area (Å²) in [5, 5.41) is 9.77. The number of aryl methyl sites for hydroxylation is 1. The van der Waals surface area contributed by atoms with Crippen molar-refractivity contribution in [3.05, 3.63) is 23.2 Å². The minimum absolute atomic E-state index is 0.0394. The van der Waals surface area contributed by atoms with Gasteiger partial charge in [-0.3, -0.25) is 4.68 Å². The van der Waals surface area contributed by atoms with Crippen LogP contribution in [0.15, 0.2) is 21.7 Å². The first-order valence-corrected chi connectivity index (χ1v) is 7.25. The second-order valence-electron chi connectivity index (χ2n) is 3.70. The lowest BCUT2D eigenvalue weighted by molar-refractivity contribution is -0.141. The maximum atomic E-state index is 12.5. The summed E-state index contributed by atoms with van der Waals surface area (Å²) in [7, 11) is -2.68. The molecule has 19 heavy (non-hydrogen) atoms. The number of sulfonamides is 1. The molecular formula is C9H8F3N3O2S2. The Hall–Kier alpha value is -1.39. The molecule has 5 nitrogen and oxygen atoms in total. The number of primary sulfonamides is 1. The fourth-order valence-corrected chi connectivity index (χ4v) is 3.37. The van der Waals surface area contributed by atoms with Crippen LogP contribution in [0.25, 0.3) is 11.3 Å². The first-order valence-electron chi connectivity index (χ1n) is 4.82. The lowest BCUT2D eigenvalue weighted by Gasteiger charge is -2.01. The molecule has 0 aliphatic heterocycles. The van der Waals surface area contributed by atoms with Gasteiger partial charge in [-0.25, -0.2) is 13.6 Å². The molecule has 0 aliphatic rings. The third-order valence-electron chi connectivity index (χ3n) is 2.33. The number of thiophene rings is 1. The number of nitrogens with zero attached hydrogens (tertiary/aromatic N) is 2. The van der Waals surface area contributed by atoms with Gasteiger partial charge < -0.3 is 0 Å². The summed E-state index contributed by atoms with van der Waals surface area (Å²) >= 11 is 0.841. The smallest absolute Gasteiger partial charge is 0.267 e. The second-order valence-corrected chi connectivity index (χ2v) is 6.38. The van der Waals surface area contributed by atoms with Gasteiger partial charge in [0.05, 0.1) is 5.69 Å². The van der Waals surface area contributed by atoms with E-state index in [-0.39, 0.29) is 15.5 Å². The lowest BCUT2D eigenvalue weighted by Crippen LogP contribution is -2.11. The number of hydrogen-bond acceptors (Lipinski definition) is 4. The molecule has 0 fully saturated rings.